The summed E-state index contributed by atoms with van der Waals surface area (Å²) >= 11 is 11.9. The molecule has 14 heteroatoms. The molecule has 0 atom stereocenters. The van der Waals surface area contributed by atoms with Gasteiger partial charge in [-0.15, -0.1) is 0 Å². The zero-order valence-electron chi connectivity index (χ0n) is 22.8. The van der Waals surface area contributed by atoms with Gasteiger partial charge in [-0.1, -0.05) is 37.0 Å². The molecule has 0 bridgehead atoms. The third kappa shape index (κ3) is 7.88. The van der Waals surface area contributed by atoms with Gasteiger partial charge < -0.3 is 19.7 Å². The van der Waals surface area contributed by atoms with E-state index < -0.39 is 15.9 Å². The first-order chi connectivity index (χ1) is 19.5. The molecule has 2 heterocycles. The highest BCUT2D eigenvalue weighted by atomic mass is 35.5. The number of halogens is 3. The Hall–Kier alpha value is -2.93. The zero-order valence-corrected chi connectivity index (χ0v) is 25.2. The predicted octanol–water partition coefficient (Wildman–Crippen LogP) is 5.59. The fourth-order valence-electron chi connectivity index (χ4n) is 4.44. The molecular formula is C27H31Cl2FN4O6S. The number of piperidine rings is 1. The molecule has 4 rings (SSSR count). The Balaban J connectivity index is 1.41. The van der Waals surface area contributed by atoms with Gasteiger partial charge in [0.05, 0.1) is 47.1 Å². The van der Waals surface area contributed by atoms with Crippen molar-refractivity contribution in [1.82, 2.24) is 14.9 Å². The van der Waals surface area contributed by atoms with Crippen LogP contribution in [0.4, 0.5) is 15.9 Å². The van der Waals surface area contributed by atoms with Crippen LogP contribution >= 0.6 is 23.2 Å². The number of rotatable bonds is 11. The Bertz CT molecular complexity index is 1520. The van der Waals surface area contributed by atoms with E-state index in [0.717, 1.165) is 0 Å². The molecule has 1 amide bonds. The van der Waals surface area contributed by atoms with E-state index in [-0.39, 0.29) is 52.4 Å². The number of hydrogen-bond donors (Lipinski definition) is 1. The fraction of sp³-hybridized carbons (Fsp3) is 0.444. The number of benzene rings is 2. The molecule has 222 valence electrons. The van der Waals surface area contributed by atoms with Gasteiger partial charge >= 0.3 is 0 Å². The lowest BCUT2D eigenvalue weighted by Gasteiger charge is -2.32. The number of carbonyl (C=O) groups excluding carboxylic acids is 1. The number of hydrogen-bond acceptors (Lipinski definition) is 9. The molecule has 0 unspecified atom stereocenters. The van der Waals surface area contributed by atoms with Crippen LogP contribution in [-0.4, -0.2) is 67.9 Å². The van der Waals surface area contributed by atoms with Crippen LogP contribution in [0.1, 0.15) is 33.1 Å². The number of fused-ring (bicyclic) bond motifs is 1. The molecule has 1 aromatic heterocycles. The van der Waals surface area contributed by atoms with Crippen molar-refractivity contribution in [2.75, 3.05) is 37.9 Å². The second-order valence-corrected chi connectivity index (χ2v) is 12.4. The van der Waals surface area contributed by atoms with E-state index in [9.17, 15) is 17.6 Å². The Morgan fingerprint density at radius 2 is 1.90 bits per heavy atom. The Morgan fingerprint density at radius 1 is 1.17 bits per heavy atom. The van der Waals surface area contributed by atoms with E-state index >= 15 is 0 Å². The molecular weight excluding hydrogens is 598 g/mol. The van der Waals surface area contributed by atoms with Gasteiger partial charge in [0.1, 0.15) is 18.2 Å². The maximum Gasteiger partial charge on any atom is 0.267 e. The van der Waals surface area contributed by atoms with Gasteiger partial charge in [-0.05, 0) is 24.1 Å². The normalized spacial score (nSPS) is 14.5. The smallest absolute Gasteiger partial charge is 0.267 e. The van der Waals surface area contributed by atoms with Crippen LogP contribution in [0.5, 0.6) is 11.5 Å². The minimum atomic E-state index is -3.65. The number of aromatic nitrogens is 2. The Morgan fingerprint density at radius 3 is 2.59 bits per heavy atom. The SMILES string of the molecule is COc1cc2ncnc(Nc3ccc(Cl)c(Cl)c3F)c2cc1OC1CCN(C(=O)CCOS(=O)(=O)CC(C)C)CC1. The lowest BCUT2D eigenvalue weighted by molar-refractivity contribution is -0.133. The molecule has 0 aliphatic carbocycles. The Labute approximate surface area is 248 Å². The van der Waals surface area contributed by atoms with Crippen molar-refractivity contribution in [3.05, 3.63) is 46.5 Å². The number of methoxy groups -OCH3 is 1. The van der Waals surface area contributed by atoms with Crippen LogP contribution in [0, 0.1) is 11.7 Å². The van der Waals surface area contributed by atoms with Crippen molar-refractivity contribution < 1.29 is 31.3 Å². The van der Waals surface area contributed by atoms with Gasteiger partial charge in [0, 0.05) is 37.4 Å². The van der Waals surface area contributed by atoms with E-state index in [1.165, 1.54) is 25.6 Å². The summed E-state index contributed by atoms with van der Waals surface area (Å²) in [5.41, 5.74) is 0.642. The molecule has 1 saturated heterocycles. The van der Waals surface area contributed by atoms with Gasteiger partial charge in [0.15, 0.2) is 17.3 Å². The quantitative estimate of drug-likeness (QED) is 0.214. The minimum absolute atomic E-state index is 0.0173. The molecule has 0 saturated carbocycles. The average molecular weight is 630 g/mol. The molecule has 0 spiro atoms. The summed E-state index contributed by atoms with van der Waals surface area (Å²) in [5.74, 6) is 0.213. The number of likely N-dealkylation sites (tertiary alicyclic amines) is 1. The first-order valence-corrected chi connectivity index (χ1v) is 15.4. The first kappa shape index (κ1) is 31.0. The van der Waals surface area contributed by atoms with Gasteiger partial charge in [-0.2, -0.15) is 8.42 Å². The van der Waals surface area contributed by atoms with E-state index in [1.54, 1.807) is 30.9 Å². The van der Waals surface area contributed by atoms with E-state index in [4.69, 9.17) is 36.9 Å². The molecule has 41 heavy (non-hydrogen) atoms. The molecule has 10 nitrogen and oxygen atoms in total. The maximum absolute atomic E-state index is 14.7. The van der Waals surface area contributed by atoms with Crippen molar-refractivity contribution in [1.29, 1.82) is 0 Å². The summed E-state index contributed by atoms with van der Waals surface area (Å²) in [5, 5.41) is 3.41. The summed E-state index contributed by atoms with van der Waals surface area (Å²) in [4.78, 5) is 22.8. The fourth-order valence-corrected chi connectivity index (χ4v) is 6.00. The van der Waals surface area contributed by atoms with Crippen molar-refractivity contribution >= 4 is 61.6 Å². The van der Waals surface area contributed by atoms with Crippen molar-refractivity contribution in [3.63, 3.8) is 0 Å². The lowest BCUT2D eigenvalue weighted by Crippen LogP contribution is -2.42. The first-order valence-electron chi connectivity index (χ1n) is 13.0. The summed E-state index contributed by atoms with van der Waals surface area (Å²) in [6.45, 7) is 4.29. The molecule has 1 aliphatic heterocycles. The number of ether oxygens (including phenoxy) is 2. The predicted molar refractivity (Wildman–Crippen MR) is 155 cm³/mol. The third-order valence-electron chi connectivity index (χ3n) is 6.41. The van der Waals surface area contributed by atoms with Gasteiger partial charge in [-0.3, -0.25) is 8.98 Å². The number of anilines is 2. The van der Waals surface area contributed by atoms with Crippen molar-refractivity contribution in [2.24, 2.45) is 5.92 Å². The van der Waals surface area contributed by atoms with Crippen LogP contribution in [0.3, 0.4) is 0 Å². The summed E-state index contributed by atoms with van der Waals surface area (Å²) in [6.07, 6.45) is 2.24. The van der Waals surface area contributed by atoms with Crippen LogP contribution in [0.25, 0.3) is 10.9 Å². The van der Waals surface area contributed by atoms with Crippen LogP contribution in [-0.2, 0) is 19.1 Å². The topological polar surface area (TPSA) is 120 Å². The molecule has 0 radical (unpaired) electrons. The van der Waals surface area contributed by atoms with Crippen LogP contribution < -0.4 is 14.8 Å². The minimum Gasteiger partial charge on any atom is -0.493 e. The zero-order chi connectivity index (χ0) is 29.7. The number of nitrogens with zero attached hydrogens (tertiary/aromatic N) is 3. The molecule has 1 N–H and O–H groups in total. The Kier molecular flexibility index (Phi) is 10.1. The molecule has 3 aromatic rings. The molecule has 2 aromatic carbocycles. The van der Waals surface area contributed by atoms with E-state index in [1.807, 2.05) is 0 Å². The van der Waals surface area contributed by atoms with Crippen molar-refractivity contribution in [3.8, 4) is 11.5 Å². The highest BCUT2D eigenvalue weighted by Gasteiger charge is 2.26. The summed E-state index contributed by atoms with van der Waals surface area (Å²) < 4.78 is 55.2. The highest BCUT2D eigenvalue weighted by molar-refractivity contribution is 7.86. The second kappa shape index (κ2) is 13.4. The highest BCUT2D eigenvalue weighted by Crippen LogP contribution is 2.37. The summed E-state index contributed by atoms with van der Waals surface area (Å²) in [7, 11) is -2.13. The van der Waals surface area contributed by atoms with Gasteiger partial charge in [0.25, 0.3) is 10.1 Å². The largest absolute Gasteiger partial charge is 0.493 e. The standard InChI is InChI=1S/C27H31Cl2FN4O6S/c1-16(2)14-41(36,37)39-11-8-24(35)34-9-6-17(7-10-34)40-23-12-18-21(13-22(23)38-3)31-15-32-27(18)33-20-5-4-19(28)25(29)26(20)30/h4-5,12-13,15-17H,6-11,14H2,1-3H3,(H,31,32,33). The van der Waals surface area contributed by atoms with Crippen LogP contribution in [0.15, 0.2) is 30.6 Å². The summed E-state index contributed by atoms with van der Waals surface area (Å²) in [6, 6.07) is 6.37. The van der Waals surface area contributed by atoms with E-state index in [0.29, 0.717) is 54.2 Å². The van der Waals surface area contributed by atoms with E-state index in [2.05, 4.69) is 15.3 Å². The number of carbonyl (C=O) groups is 1. The average Bonchev–Trinajstić information content (AvgIpc) is 2.92. The maximum atomic E-state index is 14.7. The number of nitrogens with one attached hydrogen (secondary N) is 1. The van der Waals surface area contributed by atoms with Gasteiger partial charge in [-0.25, -0.2) is 14.4 Å². The lowest BCUT2D eigenvalue weighted by atomic mass is 10.1. The van der Waals surface area contributed by atoms with Gasteiger partial charge in [0.2, 0.25) is 5.91 Å². The third-order valence-corrected chi connectivity index (χ3v) is 8.80. The second-order valence-electron chi connectivity index (χ2n) is 9.98. The molecule has 1 fully saturated rings. The molecule has 1 aliphatic rings. The monoisotopic (exact) mass is 628 g/mol. The van der Waals surface area contributed by atoms with Crippen LogP contribution in [0.2, 0.25) is 10.0 Å². The van der Waals surface area contributed by atoms with Crippen molar-refractivity contribution in [2.45, 2.75) is 39.2 Å². The number of amides is 1.